The van der Waals surface area contributed by atoms with Crippen LogP contribution in [0.3, 0.4) is 0 Å². The second kappa shape index (κ2) is 11.1. The molecule has 1 aromatic heterocycles. The van der Waals surface area contributed by atoms with Crippen molar-refractivity contribution in [2.24, 2.45) is 5.92 Å². The van der Waals surface area contributed by atoms with E-state index in [1.165, 1.54) is 21.6 Å². The van der Waals surface area contributed by atoms with Crippen LogP contribution in [-0.2, 0) is 27.1 Å². The molecule has 4 aromatic rings. The average Bonchev–Trinajstić information content (AvgIpc) is 3.40. The zero-order chi connectivity index (χ0) is 30.6. The molecule has 220 valence electrons. The molecule has 3 heterocycles. The summed E-state index contributed by atoms with van der Waals surface area (Å²) in [5.74, 6) is -2.93. The number of carbonyl (C=O) groups excluding carboxylic acids is 3. The number of hydrogen-bond acceptors (Lipinski definition) is 6. The van der Waals surface area contributed by atoms with Crippen LogP contribution in [0.4, 0.5) is 24.5 Å². The fourth-order valence-corrected chi connectivity index (χ4v) is 8.39. The molecule has 0 aliphatic carbocycles. The smallest absolute Gasteiger partial charge is 0.325 e. The zero-order valence-electron chi connectivity index (χ0n) is 22.2. The average molecular weight is 689 g/mol. The Balaban J connectivity index is 1.37. The van der Waals surface area contributed by atoms with E-state index in [2.05, 4.69) is 21.2 Å². The fourth-order valence-electron chi connectivity index (χ4n) is 5.35. The first-order chi connectivity index (χ1) is 20.4. The van der Waals surface area contributed by atoms with Gasteiger partial charge in [0.05, 0.1) is 22.2 Å². The van der Waals surface area contributed by atoms with Gasteiger partial charge in [0.15, 0.2) is 0 Å². The molecule has 1 N–H and O–H groups in total. The molecule has 0 spiro atoms. The summed E-state index contributed by atoms with van der Waals surface area (Å²) in [7, 11) is 0. The van der Waals surface area contributed by atoms with E-state index in [4.69, 9.17) is 0 Å². The van der Waals surface area contributed by atoms with Crippen LogP contribution in [0.5, 0.6) is 0 Å². The third-order valence-electron chi connectivity index (χ3n) is 7.35. The van der Waals surface area contributed by atoms with Crippen LogP contribution in [0.15, 0.2) is 87.1 Å². The predicted molar refractivity (Wildman–Crippen MR) is 161 cm³/mol. The van der Waals surface area contributed by atoms with Crippen molar-refractivity contribution in [2.75, 3.05) is 10.2 Å². The lowest BCUT2D eigenvalue weighted by Gasteiger charge is -2.30. The van der Waals surface area contributed by atoms with Crippen molar-refractivity contribution in [1.82, 2.24) is 4.57 Å². The van der Waals surface area contributed by atoms with Gasteiger partial charge >= 0.3 is 11.0 Å². The lowest BCUT2D eigenvalue weighted by Crippen LogP contribution is -2.33. The van der Waals surface area contributed by atoms with E-state index in [9.17, 15) is 32.3 Å². The molecule has 0 saturated carbocycles. The van der Waals surface area contributed by atoms with Crippen LogP contribution in [0, 0.1) is 12.8 Å². The molecule has 7 nitrogen and oxygen atoms in total. The number of hydrogen-bond donors (Lipinski definition) is 1. The normalized spacial score (nSPS) is 19.7. The van der Waals surface area contributed by atoms with Crippen molar-refractivity contribution in [2.45, 2.75) is 35.8 Å². The Morgan fingerprint density at radius 2 is 1.67 bits per heavy atom. The molecule has 6 rings (SSSR count). The Hall–Kier alpha value is -3.68. The zero-order valence-corrected chi connectivity index (χ0v) is 25.4. The first-order valence-electron chi connectivity index (χ1n) is 13.0. The van der Waals surface area contributed by atoms with E-state index in [-0.39, 0.29) is 11.6 Å². The molecular weight excluding hydrogens is 667 g/mol. The van der Waals surface area contributed by atoms with E-state index >= 15 is 0 Å². The number of carbonyl (C=O) groups is 3. The Morgan fingerprint density at radius 3 is 2.35 bits per heavy atom. The molecule has 2 aliphatic heterocycles. The van der Waals surface area contributed by atoms with Gasteiger partial charge in [0.1, 0.15) is 11.8 Å². The Kier molecular flexibility index (Phi) is 7.59. The van der Waals surface area contributed by atoms with E-state index < -0.39 is 52.1 Å². The third-order valence-corrected chi connectivity index (χ3v) is 10.5. The lowest BCUT2D eigenvalue weighted by atomic mass is 9.83. The van der Waals surface area contributed by atoms with E-state index in [1.54, 1.807) is 12.1 Å². The number of aromatic nitrogens is 1. The van der Waals surface area contributed by atoms with Gasteiger partial charge in [-0.15, -0.1) is 0 Å². The quantitative estimate of drug-likeness (QED) is 0.244. The highest BCUT2D eigenvalue weighted by molar-refractivity contribution is 9.10. The minimum Gasteiger partial charge on any atom is -0.325 e. The van der Waals surface area contributed by atoms with Crippen molar-refractivity contribution < 1.29 is 27.6 Å². The highest BCUT2D eigenvalue weighted by atomic mass is 79.9. The third kappa shape index (κ3) is 5.45. The van der Waals surface area contributed by atoms with E-state index in [0.717, 1.165) is 50.8 Å². The summed E-state index contributed by atoms with van der Waals surface area (Å²) in [6, 6.07) is 18.5. The van der Waals surface area contributed by atoms with Gasteiger partial charge in [-0.1, -0.05) is 74.9 Å². The molecule has 1 saturated heterocycles. The number of benzene rings is 3. The predicted octanol–water partition coefficient (Wildman–Crippen LogP) is 6.43. The van der Waals surface area contributed by atoms with Gasteiger partial charge in [-0.05, 0) is 55.0 Å². The van der Waals surface area contributed by atoms with Crippen LogP contribution >= 0.6 is 39.0 Å². The van der Waals surface area contributed by atoms with E-state index in [0.29, 0.717) is 15.6 Å². The number of nitrogens with zero attached hydrogens (tertiary/aromatic N) is 2. The van der Waals surface area contributed by atoms with Crippen LogP contribution in [-0.4, -0.2) is 27.5 Å². The molecule has 3 aromatic carbocycles. The Labute approximate surface area is 259 Å². The van der Waals surface area contributed by atoms with Gasteiger partial charge in [0.2, 0.25) is 17.7 Å². The van der Waals surface area contributed by atoms with Gasteiger partial charge in [-0.2, -0.15) is 13.2 Å². The summed E-state index contributed by atoms with van der Waals surface area (Å²) >= 11 is 5.38. The number of anilines is 2. The number of halogens is 4. The molecule has 2 unspecified atom stereocenters. The van der Waals surface area contributed by atoms with Crippen molar-refractivity contribution in [3.8, 4) is 0 Å². The standard InChI is InChI=1S/C30H21BrF3N3O4S2/c1-15-5-11-20(12-6-15)37-26(39)23-22(16-7-9-18(31)10-8-16)25-28(42-24(23)27(37)40)36(29(41)43-25)14-21(38)35-19-4-2-3-17(13-19)30(32,33)34/h2-13,22-24H,14H2,1H3,(H,35,38)/t22-,23?,24?/m1/s1. The Morgan fingerprint density at radius 1 is 0.977 bits per heavy atom. The second-order valence-electron chi connectivity index (χ2n) is 10.2. The number of imide groups is 1. The van der Waals surface area contributed by atoms with Crippen molar-refractivity contribution in [3.63, 3.8) is 0 Å². The number of alkyl halides is 3. The molecular formula is C30H21BrF3N3O4S2. The molecule has 0 bridgehead atoms. The van der Waals surface area contributed by atoms with Crippen LogP contribution in [0.1, 0.15) is 27.5 Å². The number of aryl methyl sites for hydroxylation is 1. The highest BCUT2D eigenvalue weighted by Gasteiger charge is 2.56. The minimum absolute atomic E-state index is 0.0669. The van der Waals surface area contributed by atoms with Gasteiger partial charge in [0.25, 0.3) is 0 Å². The second-order valence-corrected chi connectivity index (χ2v) is 13.2. The van der Waals surface area contributed by atoms with E-state index in [1.807, 2.05) is 43.3 Å². The van der Waals surface area contributed by atoms with Gasteiger partial charge in [-0.3, -0.25) is 23.7 Å². The first-order valence-corrected chi connectivity index (χ1v) is 15.5. The number of fused-ring (bicyclic) bond motifs is 2. The maximum atomic E-state index is 13.9. The topological polar surface area (TPSA) is 88.5 Å². The molecule has 0 radical (unpaired) electrons. The maximum Gasteiger partial charge on any atom is 0.416 e. The molecule has 2 aliphatic rings. The monoisotopic (exact) mass is 687 g/mol. The minimum atomic E-state index is -4.59. The van der Waals surface area contributed by atoms with Gasteiger partial charge < -0.3 is 5.32 Å². The summed E-state index contributed by atoms with van der Waals surface area (Å²) in [6.07, 6.45) is -4.59. The maximum absolute atomic E-state index is 13.9. The summed E-state index contributed by atoms with van der Waals surface area (Å²) < 4.78 is 41.5. The Bertz CT molecular complexity index is 1820. The number of thiazole rings is 1. The van der Waals surface area contributed by atoms with Crippen molar-refractivity contribution in [1.29, 1.82) is 0 Å². The van der Waals surface area contributed by atoms with Crippen molar-refractivity contribution in [3.05, 3.63) is 109 Å². The molecule has 3 amide bonds. The summed E-state index contributed by atoms with van der Waals surface area (Å²) in [6.45, 7) is 1.42. The molecule has 13 heteroatoms. The van der Waals surface area contributed by atoms with Gasteiger partial charge in [-0.25, -0.2) is 4.90 Å². The SMILES string of the molecule is Cc1ccc(N2C(=O)C3Sc4c(sc(=O)n4CC(=O)Nc4cccc(C(F)(F)F)c4)[C@H](c4ccc(Br)cc4)C3C2=O)cc1. The molecule has 43 heavy (non-hydrogen) atoms. The summed E-state index contributed by atoms with van der Waals surface area (Å²) in [5, 5.41) is 1.96. The number of nitrogens with one attached hydrogen (secondary N) is 1. The molecule has 3 atom stereocenters. The highest BCUT2D eigenvalue weighted by Crippen LogP contribution is 2.54. The van der Waals surface area contributed by atoms with Crippen LogP contribution in [0.25, 0.3) is 0 Å². The number of rotatable bonds is 5. The van der Waals surface area contributed by atoms with Crippen LogP contribution in [0.2, 0.25) is 0 Å². The summed E-state index contributed by atoms with van der Waals surface area (Å²) in [5.41, 5.74) is 1.16. The van der Waals surface area contributed by atoms with Crippen molar-refractivity contribution >= 4 is 68.1 Å². The van der Waals surface area contributed by atoms with Gasteiger partial charge in [0, 0.05) is 21.0 Å². The number of amides is 3. The number of thioether (sulfide) groups is 1. The largest absolute Gasteiger partial charge is 0.416 e. The summed E-state index contributed by atoms with van der Waals surface area (Å²) in [4.78, 5) is 55.2. The lowest BCUT2D eigenvalue weighted by molar-refractivity contribution is -0.137. The van der Waals surface area contributed by atoms with Crippen LogP contribution < -0.4 is 15.1 Å². The first kappa shape index (κ1) is 29.4. The fraction of sp³-hybridized carbons (Fsp3) is 0.200. The molecule has 1 fully saturated rings.